The molecule has 0 spiro atoms. The molecule has 0 fully saturated rings. The van der Waals surface area contributed by atoms with Crippen LogP contribution in [0, 0.1) is 6.92 Å². The molecule has 0 aliphatic heterocycles. The van der Waals surface area contributed by atoms with Crippen LogP contribution in [0.25, 0.3) is 0 Å². The smallest absolute Gasteiger partial charge is 0.286 e. The number of rotatable bonds is 5. The first-order chi connectivity index (χ1) is 11.6. The topological polar surface area (TPSA) is 77.0 Å². The Balaban J connectivity index is 2.03. The predicted octanol–water partition coefficient (Wildman–Crippen LogP) is 2.50. The molecular weight excluding hydrogens is 302 g/mol. The monoisotopic (exact) mass is 321 g/mol. The summed E-state index contributed by atoms with van der Waals surface area (Å²) in [6, 6.07) is 17.9. The van der Waals surface area contributed by atoms with E-state index in [1.165, 1.54) is 0 Å². The van der Waals surface area contributed by atoms with Gasteiger partial charge in [0.2, 0.25) is 11.8 Å². The number of aryl methyl sites for hydroxylation is 1. The van der Waals surface area contributed by atoms with E-state index in [1.807, 2.05) is 73.5 Å². The van der Waals surface area contributed by atoms with Gasteiger partial charge in [-0.2, -0.15) is 0 Å². The minimum Gasteiger partial charge on any atom is -0.363 e. The molecule has 0 aliphatic carbocycles. The summed E-state index contributed by atoms with van der Waals surface area (Å²) in [5.41, 5.74) is 8.61. The first-order valence-electron chi connectivity index (χ1n) is 7.63. The molecule has 0 unspecified atom stereocenters. The number of hydrogen-bond acceptors (Lipinski definition) is 4. The van der Waals surface area contributed by atoms with Crippen molar-refractivity contribution in [2.45, 2.75) is 13.5 Å². The summed E-state index contributed by atoms with van der Waals surface area (Å²) >= 11 is 0. The van der Waals surface area contributed by atoms with Gasteiger partial charge in [0, 0.05) is 12.7 Å². The Bertz CT molecular complexity index is 857. The van der Waals surface area contributed by atoms with Gasteiger partial charge in [-0.1, -0.05) is 42.5 Å². The van der Waals surface area contributed by atoms with E-state index in [9.17, 15) is 4.79 Å². The number of anilines is 2. The largest absolute Gasteiger partial charge is 0.363 e. The molecule has 1 heterocycles. The molecule has 0 saturated heterocycles. The molecule has 1 aromatic heterocycles. The molecule has 2 N–H and O–H groups in total. The van der Waals surface area contributed by atoms with Crippen LogP contribution in [0.3, 0.4) is 0 Å². The lowest BCUT2D eigenvalue weighted by Gasteiger charge is -2.20. The first kappa shape index (κ1) is 15.7. The summed E-state index contributed by atoms with van der Waals surface area (Å²) in [6.07, 6.45) is 0. The van der Waals surface area contributed by atoms with E-state index in [1.54, 1.807) is 4.57 Å². The van der Waals surface area contributed by atoms with Gasteiger partial charge in [0.25, 0.3) is 5.91 Å². The average molecular weight is 321 g/mol. The van der Waals surface area contributed by atoms with Gasteiger partial charge in [-0.3, -0.25) is 9.36 Å². The van der Waals surface area contributed by atoms with E-state index in [-0.39, 0.29) is 5.82 Å². The zero-order chi connectivity index (χ0) is 17.1. The van der Waals surface area contributed by atoms with E-state index in [0.717, 1.165) is 16.8 Å². The number of carbonyl (C=O) groups excluding carboxylic acids is 1. The maximum absolute atomic E-state index is 11.7. The van der Waals surface area contributed by atoms with Gasteiger partial charge in [0.1, 0.15) is 0 Å². The number of carbonyl (C=O) groups is 1. The number of benzene rings is 2. The van der Waals surface area contributed by atoms with Crippen molar-refractivity contribution < 1.29 is 4.79 Å². The zero-order valence-electron chi connectivity index (χ0n) is 13.7. The summed E-state index contributed by atoms with van der Waals surface area (Å²) in [5.74, 6) is 0.119. The Morgan fingerprint density at radius 3 is 2.54 bits per heavy atom. The zero-order valence-corrected chi connectivity index (χ0v) is 13.7. The molecule has 0 bridgehead atoms. The molecule has 2 aromatic carbocycles. The van der Waals surface area contributed by atoms with Crippen molar-refractivity contribution in [1.29, 1.82) is 0 Å². The van der Waals surface area contributed by atoms with Crippen molar-refractivity contribution in [3.05, 3.63) is 71.5 Å². The Morgan fingerprint density at radius 1 is 1.12 bits per heavy atom. The number of nitrogens with zero attached hydrogens (tertiary/aromatic N) is 4. The summed E-state index contributed by atoms with van der Waals surface area (Å²) in [4.78, 5) is 13.6. The number of aromatic nitrogens is 3. The van der Waals surface area contributed by atoms with E-state index in [2.05, 4.69) is 10.2 Å². The summed E-state index contributed by atoms with van der Waals surface area (Å²) in [7, 11) is 1.89. The van der Waals surface area contributed by atoms with Crippen molar-refractivity contribution in [3.8, 4) is 0 Å². The van der Waals surface area contributed by atoms with E-state index in [4.69, 9.17) is 5.73 Å². The predicted molar refractivity (Wildman–Crippen MR) is 93.3 cm³/mol. The molecular formula is C18H19N5O. The second-order valence-corrected chi connectivity index (χ2v) is 5.66. The van der Waals surface area contributed by atoms with Crippen LogP contribution in [-0.4, -0.2) is 27.7 Å². The second-order valence-electron chi connectivity index (χ2n) is 5.66. The summed E-state index contributed by atoms with van der Waals surface area (Å²) < 4.78 is 1.74. The molecule has 24 heavy (non-hydrogen) atoms. The van der Waals surface area contributed by atoms with Gasteiger partial charge < -0.3 is 10.6 Å². The number of nitrogens with two attached hydrogens (primary N) is 1. The third kappa shape index (κ3) is 3.12. The van der Waals surface area contributed by atoms with Crippen LogP contribution in [0.2, 0.25) is 0 Å². The summed E-state index contributed by atoms with van der Waals surface area (Å²) in [6.45, 7) is 2.50. The fourth-order valence-corrected chi connectivity index (χ4v) is 2.59. The Kier molecular flexibility index (Phi) is 4.29. The highest BCUT2D eigenvalue weighted by molar-refractivity contribution is 5.89. The van der Waals surface area contributed by atoms with Gasteiger partial charge >= 0.3 is 0 Å². The normalized spacial score (nSPS) is 10.6. The minimum absolute atomic E-state index is 0.147. The van der Waals surface area contributed by atoms with Crippen molar-refractivity contribution >= 4 is 17.5 Å². The molecule has 0 aliphatic rings. The second kappa shape index (κ2) is 6.54. The van der Waals surface area contributed by atoms with Crippen molar-refractivity contribution in [3.63, 3.8) is 0 Å². The lowest BCUT2D eigenvalue weighted by atomic mass is 10.2. The van der Waals surface area contributed by atoms with E-state index in [0.29, 0.717) is 12.5 Å². The molecule has 6 nitrogen and oxygen atoms in total. The molecule has 0 atom stereocenters. The van der Waals surface area contributed by atoms with Crippen LogP contribution < -0.4 is 10.6 Å². The minimum atomic E-state index is -0.595. The fraction of sp³-hybridized carbons (Fsp3) is 0.167. The third-order valence-corrected chi connectivity index (χ3v) is 3.82. The van der Waals surface area contributed by atoms with Gasteiger partial charge in [-0.05, 0) is 30.2 Å². The molecule has 6 heteroatoms. The highest BCUT2D eigenvalue weighted by atomic mass is 16.1. The van der Waals surface area contributed by atoms with Crippen LogP contribution in [0.4, 0.5) is 11.6 Å². The van der Waals surface area contributed by atoms with Crippen molar-refractivity contribution in [2.75, 3.05) is 11.9 Å². The lowest BCUT2D eigenvalue weighted by molar-refractivity contribution is 0.0986. The number of amides is 1. The SMILES string of the molecule is Cc1cccc(N(C)c2nnc(C(N)=O)n2Cc2ccccc2)c1. The molecule has 3 rings (SSSR count). The molecule has 122 valence electrons. The summed E-state index contributed by atoms with van der Waals surface area (Å²) in [5, 5.41) is 8.16. The quantitative estimate of drug-likeness (QED) is 0.783. The van der Waals surface area contributed by atoms with Gasteiger partial charge in [0.05, 0.1) is 6.54 Å². The van der Waals surface area contributed by atoms with Crippen LogP contribution in [-0.2, 0) is 6.54 Å². The van der Waals surface area contributed by atoms with Crippen LogP contribution in [0.1, 0.15) is 21.7 Å². The molecule has 0 saturated carbocycles. The van der Waals surface area contributed by atoms with Crippen LogP contribution in [0.15, 0.2) is 54.6 Å². The van der Waals surface area contributed by atoms with Gasteiger partial charge in [0.15, 0.2) is 0 Å². The number of primary amides is 1. The van der Waals surface area contributed by atoms with Crippen molar-refractivity contribution in [1.82, 2.24) is 14.8 Å². The van der Waals surface area contributed by atoms with Crippen LogP contribution in [0.5, 0.6) is 0 Å². The Morgan fingerprint density at radius 2 is 1.88 bits per heavy atom. The highest BCUT2D eigenvalue weighted by Crippen LogP contribution is 2.24. The molecule has 1 amide bonds. The number of hydrogen-bond donors (Lipinski definition) is 1. The van der Waals surface area contributed by atoms with Crippen molar-refractivity contribution in [2.24, 2.45) is 5.73 Å². The standard InChI is InChI=1S/C18H19N5O/c1-13-7-6-10-15(11-13)22(2)18-21-20-17(16(19)24)23(18)12-14-8-4-3-5-9-14/h3-11H,12H2,1-2H3,(H2,19,24). The maximum Gasteiger partial charge on any atom is 0.286 e. The highest BCUT2D eigenvalue weighted by Gasteiger charge is 2.20. The van der Waals surface area contributed by atoms with Gasteiger partial charge in [-0.15, -0.1) is 10.2 Å². The molecule has 0 radical (unpaired) electrons. The average Bonchev–Trinajstić information content (AvgIpc) is 2.99. The first-order valence-corrected chi connectivity index (χ1v) is 7.63. The van der Waals surface area contributed by atoms with Crippen LogP contribution >= 0.6 is 0 Å². The maximum atomic E-state index is 11.7. The lowest BCUT2D eigenvalue weighted by Crippen LogP contribution is -2.22. The molecule has 3 aromatic rings. The fourth-order valence-electron chi connectivity index (χ4n) is 2.59. The van der Waals surface area contributed by atoms with E-state index >= 15 is 0 Å². The van der Waals surface area contributed by atoms with Gasteiger partial charge in [-0.25, -0.2) is 0 Å². The Labute approximate surface area is 140 Å². The van der Waals surface area contributed by atoms with E-state index < -0.39 is 5.91 Å². The third-order valence-electron chi connectivity index (χ3n) is 3.82. The Hall–Kier alpha value is -3.15.